The third kappa shape index (κ3) is 3.58. The first-order chi connectivity index (χ1) is 8.95. The van der Waals surface area contributed by atoms with E-state index in [0.717, 1.165) is 19.4 Å². The largest absolute Gasteiger partial charge is 0.379 e. The van der Waals surface area contributed by atoms with Crippen LogP contribution < -0.4 is 5.32 Å². The number of hydrogen-bond donors (Lipinski definition) is 1. The van der Waals surface area contributed by atoms with Crippen LogP contribution in [0.25, 0.3) is 0 Å². The fourth-order valence-corrected chi connectivity index (χ4v) is 3.38. The first-order valence-electron chi connectivity index (χ1n) is 7.28. The summed E-state index contributed by atoms with van der Waals surface area (Å²) in [7, 11) is 1.82. The van der Waals surface area contributed by atoms with Crippen LogP contribution in [0.3, 0.4) is 0 Å². The molecule has 0 aromatic heterocycles. The van der Waals surface area contributed by atoms with E-state index in [-0.39, 0.29) is 5.60 Å². The van der Waals surface area contributed by atoms with E-state index in [1.807, 2.05) is 7.11 Å². The highest BCUT2D eigenvalue weighted by molar-refractivity contribution is 5.17. The minimum atomic E-state index is -0.0459. The Morgan fingerprint density at radius 3 is 2.63 bits per heavy atom. The second-order valence-corrected chi connectivity index (χ2v) is 6.74. The van der Waals surface area contributed by atoms with E-state index < -0.39 is 0 Å². The van der Waals surface area contributed by atoms with Crippen LogP contribution in [-0.2, 0) is 11.2 Å². The van der Waals surface area contributed by atoms with Crippen LogP contribution >= 0.6 is 0 Å². The van der Waals surface area contributed by atoms with Gasteiger partial charge in [0.2, 0.25) is 0 Å². The van der Waals surface area contributed by atoms with Gasteiger partial charge >= 0.3 is 0 Å². The predicted molar refractivity (Wildman–Crippen MR) is 80.4 cm³/mol. The lowest BCUT2D eigenvalue weighted by atomic mass is 9.73. The topological polar surface area (TPSA) is 21.3 Å². The molecule has 2 rings (SSSR count). The minimum Gasteiger partial charge on any atom is -0.379 e. The van der Waals surface area contributed by atoms with Crippen molar-refractivity contribution in [1.82, 2.24) is 5.32 Å². The van der Waals surface area contributed by atoms with Gasteiger partial charge in [-0.25, -0.2) is 0 Å². The van der Waals surface area contributed by atoms with Gasteiger partial charge in [0, 0.05) is 13.2 Å². The lowest BCUT2D eigenvalue weighted by molar-refractivity contribution is -0.0195. The predicted octanol–water partition coefficient (Wildman–Crippen LogP) is 3.41. The summed E-state index contributed by atoms with van der Waals surface area (Å²) in [5.41, 5.74) is 1.69. The Morgan fingerprint density at radius 2 is 2.00 bits per heavy atom. The third-order valence-corrected chi connectivity index (χ3v) is 4.59. The van der Waals surface area contributed by atoms with Crippen molar-refractivity contribution in [1.29, 1.82) is 0 Å². The van der Waals surface area contributed by atoms with E-state index >= 15 is 0 Å². The van der Waals surface area contributed by atoms with Gasteiger partial charge in [-0.1, -0.05) is 37.3 Å². The van der Waals surface area contributed by atoms with Crippen LogP contribution in [0.5, 0.6) is 0 Å². The molecule has 0 aliphatic carbocycles. The SMILES string of the molecule is COC(C)(C)CC1(C)CCNC1Cc1ccccc1. The molecular formula is C17H27NO. The van der Waals surface area contributed by atoms with Crippen LogP contribution in [0.4, 0.5) is 0 Å². The average molecular weight is 261 g/mol. The number of nitrogens with one attached hydrogen (secondary N) is 1. The summed E-state index contributed by atoms with van der Waals surface area (Å²) in [6, 6.07) is 11.3. The van der Waals surface area contributed by atoms with Crippen molar-refractivity contribution in [3.63, 3.8) is 0 Å². The Kier molecular flexibility index (Phi) is 4.32. The molecule has 1 saturated heterocycles. The van der Waals surface area contributed by atoms with Crippen molar-refractivity contribution in [2.45, 2.75) is 51.7 Å². The van der Waals surface area contributed by atoms with E-state index in [1.54, 1.807) is 0 Å². The lowest BCUT2D eigenvalue weighted by Gasteiger charge is -2.38. The normalized spacial score (nSPS) is 27.7. The molecule has 1 N–H and O–H groups in total. The van der Waals surface area contributed by atoms with Crippen molar-refractivity contribution >= 4 is 0 Å². The van der Waals surface area contributed by atoms with E-state index in [1.165, 1.54) is 12.0 Å². The number of ether oxygens (including phenoxy) is 1. The first kappa shape index (κ1) is 14.5. The molecule has 106 valence electrons. The molecule has 0 amide bonds. The van der Waals surface area contributed by atoms with Crippen molar-refractivity contribution in [3.05, 3.63) is 35.9 Å². The van der Waals surface area contributed by atoms with Crippen LogP contribution in [0, 0.1) is 5.41 Å². The van der Waals surface area contributed by atoms with Gasteiger partial charge in [-0.2, -0.15) is 0 Å². The van der Waals surface area contributed by atoms with Gasteiger partial charge in [0.1, 0.15) is 0 Å². The second-order valence-electron chi connectivity index (χ2n) is 6.74. The summed E-state index contributed by atoms with van der Waals surface area (Å²) < 4.78 is 5.64. The maximum Gasteiger partial charge on any atom is 0.0628 e. The van der Waals surface area contributed by atoms with Gasteiger partial charge in [0.25, 0.3) is 0 Å². The van der Waals surface area contributed by atoms with E-state index in [4.69, 9.17) is 4.74 Å². The molecule has 0 spiro atoms. The molecule has 2 unspecified atom stereocenters. The summed E-state index contributed by atoms with van der Waals surface area (Å²) >= 11 is 0. The summed E-state index contributed by atoms with van der Waals surface area (Å²) in [4.78, 5) is 0. The summed E-state index contributed by atoms with van der Waals surface area (Å²) in [5.74, 6) is 0. The molecule has 19 heavy (non-hydrogen) atoms. The third-order valence-electron chi connectivity index (χ3n) is 4.59. The molecule has 2 atom stereocenters. The summed E-state index contributed by atoms with van der Waals surface area (Å²) in [6.07, 6.45) is 3.44. The molecule has 2 nitrogen and oxygen atoms in total. The number of benzene rings is 1. The smallest absolute Gasteiger partial charge is 0.0628 e. The number of methoxy groups -OCH3 is 1. The molecule has 1 aliphatic rings. The Hall–Kier alpha value is -0.860. The monoisotopic (exact) mass is 261 g/mol. The van der Waals surface area contributed by atoms with E-state index in [9.17, 15) is 0 Å². The highest BCUT2D eigenvalue weighted by atomic mass is 16.5. The van der Waals surface area contributed by atoms with Gasteiger partial charge in [0.15, 0.2) is 0 Å². The molecule has 1 aliphatic heterocycles. The Balaban J connectivity index is 2.07. The maximum absolute atomic E-state index is 5.64. The Labute approximate surface area is 117 Å². The quantitative estimate of drug-likeness (QED) is 0.877. The van der Waals surface area contributed by atoms with Gasteiger partial charge in [0.05, 0.1) is 5.60 Å². The Bertz CT molecular complexity index is 401. The van der Waals surface area contributed by atoms with Crippen LogP contribution in [0.1, 0.15) is 39.2 Å². The highest BCUT2D eigenvalue weighted by Crippen LogP contribution is 2.40. The molecule has 2 heteroatoms. The fourth-order valence-electron chi connectivity index (χ4n) is 3.38. The molecular weight excluding hydrogens is 234 g/mol. The Morgan fingerprint density at radius 1 is 1.32 bits per heavy atom. The second kappa shape index (κ2) is 5.64. The summed E-state index contributed by atoms with van der Waals surface area (Å²) in [6.45, 7) is 7.90. The fraction of sp³-hybridized carbons (Fsp3) is 0.647. The first-order valence-corrected chi connectivity index (χ1v) is 7.28. The van der Waals surface area contributed by atoms with Gasteiger partial charge < -0.3 is 10.1 Å². The van der Waals surface area contributed by atoms with Crippen molar-refractivity contribution in [2.75, 3.05) is 13.7 Å². The number of rotatable bonds is 5. The molecule has 1 aromatic carbocycles. The average Bonchev–Trinajstić information content (AvgIpc) is 2.71. The molecule has 0 radical (unpaired) electrons. The zero-order valence-electron chi connectivity index (χ0n) is 12.7. The van der Waals surface area contributed by atoms with Gasteiger partial charge in [-0.05, 0) is 50.6 Å². The maximum atomic E-state index is 5.64. The highest BCUT2D eigenvalue weighted by Gasteiger charge is 2.42. The van der Waals surface area contributed by atoms with Gasteiger partial charge in [-0.15, -0.1) is 0 Å². The zero-order chi connectivity index (χ0) is 13.9. The van der Waals surface area contributed by atoms with E-state index in [2.05, 4.69) is 56.4 Å². The minimum absolute atomic E-state index is 0.0459. The van der Waals surface area contributed by atoms with Crippen LogP contribution in [0.15, 0.2) is 30.3 Å². The van der Waals surface area contributed by atoms with Gasteiger partial charge in [-0.3, -0.25) is 0 Å². The molecule has 0 bridgehead atoms. The lowest BCUT2D eigenvalue weighted by Crippen LogP contribution is -2.41. The van der Waals surface area contributed by atoms with Crippen LogP contribution in [0.2, 0.25) is 0 Å². The van der Waals surface area contributed by atoms with Crippen molar-refractivity contribution < 1.29 is 4.74 Å². The number of hydrogen-bond acceptors (Lipinski definition) is 2. The zero-order valence-corrected chi connectivity index (χ0v) is 12.7. The van der Waals surface area contributed by atoms with Crippen molar-refractivity contribution in [3.8, 4) is 0 Å². The van der Waals surface area contributed by atoms with Crippen LogP contribution in [-0.4, -0.2) is 25.3 Å². The molecule has 1 heterocycles. The summed E-state index contributed by atoms with van der Waals surface area (Å²) in [5, 5.41) is 3.69. The standard InChI is InChI=1S/C17H27NO/c1-16(2,19-4)13-17(3)10-11-18-15(17)12-14-8-6-5-7-9-14/h5-9,15,18H,10-13H2,1-4H3. The van der Waals surface area contributed by atoms with E-state index in [0.29, 0.717) is 11.5 Å². The molecule has 0 saturated carbocycles. The van der Waals surface area contributed by atoms with Crippen molar-refractivity contribution in [2.24, 2.45) is 5.41 Å². The molecule has 1 fully saturated rings. The molecule has 1 aromatic rings.